The summed E-state index contributed by atoms with van der Waals surface area (Å²) in [5, 5.41) is 2.94. The third kappa shape index (κ3) is 4.42. The molecule has 5 rings (SSSR count). The van der Waals surface area contributed by atoms with Gasteiger partial charge in [-0.2, -0.15) is 0 Å². The Morgan fingerprint density at radius 3 is 2.59 bits per heavy atom. The number of sulfonamides is 1. The van der Waals surface area contributed by atoms with Crippen molar-refractivity contribution >= 4 is 44.3 Å². The van der Waals surface area contributed by atoms with Crippen molar-refractivity contribution in [2.45, 2.75) is 31.8 Å². The van der Waals surface area contributed by atoms with Crippen LogP contribution in [-0.2, 0) is 21.9 Å². The van der Waals surface area contributed by atoms with Gasteiger partial charge in [-0.25, -0.2) is 23.4 Å². The van der Waals surface area contributed by atoms with Crippen molar-refractivity contribution in [3.05, 3.63) is 36.4 Å². The highest BCUT2D eigenvalue weighted by Gasteiger charge is 2.42. The minimum Gasteiger partial charge on any atom is -0.346 e. The Bertz CT molecular complexity index is 1340. The van der Waals surface area contributed by atoms with Crippen molar-refractivity contribution in [1.82, 2.24) is 24.4 Å². The Morgan fingerprint density at radius 2 is 1.88 bits per heavy atom. The summed E-state index contributed by atoms with van der Waals surface area (Å²) in [4.78, 5) is 30.8. The molecule has 0 saturated carbocycles. The van der Waals surface area contributed by atoms with Gasteiger partial charge in [-0.1, -0.05) is 6.07 Å². The summed E-state index contributed by atoms with van der Waals surface area (Å²) >= 11 is 0. The zero-order valence-electron chi connectivity index (χ0n) is 19.4. The maximum Gasteiger partial charge on any atom is 0.238 e. The van der Waals surface area contributed by atoms with Gasteiger partial charge in [-0.15, -0.1) is 0 Å². The number of hydrogen-bond donors (Lipinski definition) is 2. The molecule has 2 saturated heterocycles. The van der Waals surface area contributed by atoms with Crippen molar-refractivity contribution in [3.63, 3.8) is 0 Å². The first-order valence-electron chi connectivity index (χ1n) is 11.2. The van der Waals surface area contributed by atoms with E-state index in [1.54, 1.807) is 30.9 Å². The fourth-order valence-electron chi connectivity index (χ4n) is 5.01. The summed E-state index contributed by atoms with van der Waals surface area (Å²) in [5.41, 5.74) is 3.50. The summed E-state index contributed by atoms with van der Waals surface area (Å²) in [5.74, 6) is 0.745. The number of nitrogens with zero attached hydrogens (tertiary/aromatic N) is 6. The van der Waals surface area contributed by atoms with E-state index in [2.05, 4.69) is 34.8 Å². The SMILES string of the molecule is Cc1ccc(NS(C)(=O)=O)cc1NC(=O)CN1CC2CCC(C1)N2c1ncnc2c1ncn2C. The second-order valence-electron chi connectivity index (χ2n) is 9.16. The lowest BCUT2D eigenvalue weighted by Crippen LogP contribution is -2.55. The van der Waals surface area contributed by atoms with E-state index in [9.17, 15) is 13.2 Å². The second kappa shape index (κ2) is 8.51. The van der Waals surface area contributed by atoms with Crippen molar-refractivity contribution in [2.24, 2.45) is 7.05 Å². The van der Waals surface area contributed by atoms with Gasteiger partial charge in [0.2, 0.25) is 15.9 Å². The summed E-state index contributed by atoms with van der Waals surface area (Å²) < 4.78 is 27.4. The molecule has 34 heavy (non-hydrogen) atoms. The van der Waals surface area contributed by atoms with Crippen LogP contribution in [0.3, 0.4) is 0 Å². The zero-order chi connectivity index (χ0) is 24.0. The van der Waals surface area contributed by atoms with E-state index in [-0.39, 0.29) is 24.5 Å². The van der Waals surface area contributed by atoms with Crippen LogP contribution in [0.15, 0.2) is 30.9 Å². The molecule has 2 bridgehead atoms. The first-order chi connectivity index (χ1) is 16.2. The number of hydrogen-bond acceptors (Lipinski definition) is 8. The number of fused-ring (bicyclic) bond motifs is 3. The van der Waals surface area contributed by atoms with Crippen molar-refractivity contribution in [2.75, 3.05) is 40.8 Å². The number of benzene rings is 1. The number of anilines is 3. The number of piperazine rings is 1. The largest absolute Gasteiger partial charge is 0.346 e. The Kier molecular flexibility index (Phi) is 5.64. The fourth-order valence-corrected chi connectivity index (χ4v) is 5.57. The van der Waals surface area contributed by atoms with E-state index < -0.39 is 10.0 Å². The highest BCUT2D eigenvalue weighted by atomic mass is 32.2. The summed E-state index contributed by atoms with van der Waals surface area (Å²) in [7, 11) is -1.47. The van der Waals surface area contributed by atoms with Gasteiger partial charge in [-0.05, 0) is 37.5 Å². The van der Waals surface area contributed by atoms with Crippen LogP contribution in [0.2, 0.25) is 0 Å². The summed E-state index contributed by atoms with van der Waals surface area (Å²) in [6, 6.07) is 5.62. The predicted octanol–water partition coefficient (Wildman–Crippen LogP) is 1.33. The lowest BCUT2D eigenvalue weighted by atomic mass is 10.1. The molecule has 4 heterocycles. The van der Waals surface area contributed by atoms with Gasteiger partial charge in [0.1, 0.15) is 6.33 Å². The molecule has 2 unspecified atom stereocenters. The maximum absolute atomic E-state index is 12.9. The summed E-state index contributed by atoms with van der Waals surface area (Å²) in [6.45, 7) is 3.67. The van der Waals surface area contributed by atoms with Crippen molar-refractivity contribution in [1.29, 1.82) is 0 Å². The van der Waals surface area contributed by atoms with Crippen LogP contribution >= 0.6 is 0 Å². The Morgan fingerprint density at radius 1 is 1.15 bits per heavy atom. The van der Waals surface area contributed by atoms with Crippen LogP contribution in [0.4, 0.5) is 17.2 Å². The number of rotatable bonds is 6. The zero-order valence-corrected chi connectivity index (χ0v) is 20.2. The third-order valence-electron chi connectivity index (χ3n) is 6.46. The monoisotopic (exact) mass is 484 g/mol. The van der Waals surface area contributed by atoms with Gasteiger partial charge in [0.15, 0.2) is 17.0 Å². The number of imidazole rings is 1. The average Bonchev–Trinajstić information content (AvgIpc) is 3.26. The molecule has 2 atom stereocenters. The molecule has 12 heteroatoms. The van der Waals surface area contributed by atoms with Gasteiger partial charge in [0.05, 0.1) is 24.8 Å². The topological polar surface area (TPSA) is 125 Å². The average molecular weight is 485 g/mol. The fraction of sp³-hybridized carbons (Fsp3) is 0.455. The highest BCUT2D eigenvalue weighted by Crippen LogP contribution is 2.36. The molecule has 2 aliphatic rings. The van der Waals surface area contributed by atoms with Crippen LogP contribution in [0.1, 0.15) is 18.4 Å². The molecule has 1 amide bonds. The van der Waals surface area contributed by atoms with Crippen LogP contribution in [0.25, 0.3) is 11.2 Å². The van der Waals surface area contributed by atoms with Gasteiger partial charge in [0.25, 0.3) is 0 Å². The molecule has 0 spiro atoms. The van der Waals surface area contributed by atoms with Gasteiger partial charge in [-0.3, -0.25) is 14.4 Å². The van der Waals surface area contributed by atoms with Crippen LogP contribution in [0.5, 0.6) is 0 Å². The molecule has 1 aromatic carbocycles. The highest BCUT2D eigenvalue weighted by molar-refractivity contribution is 7.92. The van der Waals surface area contributed by atoms with Crippen molar-refractivity contribution < 1.29 is 13.2 Å². The molecule has 2 N–H and O–H groups in total. The molecule has 180 valence electrons. The Labute approximate surface area is 198 Å². The molecule has 2 aliphatic heterocycles. The van der Waals surface area contributed by atoms with E-state index in [4.69, 9.17) is 0 Å². The van der Waals surface area contributed by atoms with Gasteiger partial charge < -0.3 is 14.8 Å². The smallest absolute Gasteiger partial charge is 0.238 e. The molecular formula is C22H28N8O3S. The summed E-state index contributed by atoms with van der Waals surface area (Å²) in [6.07, 6.45) is 6.53. The number of carbonyl (C=O) groups is 1. The van der Waals surface area contributed by atoms with Crippen LogP contribution in [-0.4, -0.2) is 76.7 Å². The number of carbonyl (C=O) groups excluding carboxylic acids is 1. The van der Waals surface area contributed by atoms with Crippen LogP contribution < -0.4 is 14.9 Å². The molecule has 2 aromatic heterocycles. The predicted molar refractivity (Wildman–Crippen MR) is 130 cm³/mol. The number of amides is 1. The number of aromatic nitrogens is 4. The lowest BCUT2D eigenvalue weighted by Gasteiger charge is -2.41. The van der Waals surface area contributed by atoms with Crippen LogP contribution in [0, 0.1) is 6.92 Å². The normalized spacial score (nSPS) is 20.6. The van der Waals surface area contributed by atoms with E-state index >= 15 is 0 Å². The van der Waals surface area contributed by atoms with E-state index in [0.29, 0.717) is 11.4 Å². The number of nitrogens with one attached hydrogen (secondary N) is 2. The lowest BCUT2D eigenvalue weighted by molar-refractivity contribution is -0.117. The quantitative estimate of drug-likeness (QED) is 0.537. The Hall–Kier alpha value is -3.25. The Balaban J connectivity index is 1.26. The van der Waals surface area contributed by atoms with E-state index in [1.165, 1.54) is 0 Å². The number of aryl methyl sites for hydroxylation is 2. The van der Waals surface area contributed by atoms with Crippen molar-refractivity contribution in [3.8, 4) is 0 Å². The molecule has 2 fully saturated rings. The standard InChI is InChI=1S/C22H28N8O3S/c1-14-4-5-15(27-34(3,32)33)8-18(14)26-19(31)11-29-9-16-6-7-17(10-29)30(16)22-20-21(23-12-24-22)28(2)13-25-20/h4-5,8,12-13,16-17,27H,6-7,9-11H2,1-3H3,(H,26,31). The minimum absolute atomic E-state index is 0.124. The molecule has 0 radical (unpaired) electrons. The third-order valence-corrected chi connectivity index (χ3v) is 7.07. The van der Waals surface area contributed by atoms with E-state index in [1.807, 2.05) is 18.5 Å². The minimum atomic E-state index is -3.39. The van der Waals surface area contributed by atoms with E-state index in [0.717, 1.165) is 54.7 Å². The number of likely N-dealkylation sites (tertiary alicyclic amines) is 1. The molecule has 0 aliphatic carbocycles. The molecular weight excluding hydrogens is 456 g/mol. The molecule has 3 aromatic rings. The second-order valence-corrected chi connectivity index (χ2v) is 10.9. The van der Waals surface area contributed by atoms with Gasteiger partial charge in [0, 0.05) is 37.9 Å². The van der Waals surface area contributed by atoms with Gasteiger partial charge >= 0.3 is 0 Å². The first-order valence-corrected chi connectivity index (χ1v) is 13.1. The first kappa shape index (κ1) is 22.5. The maximum atomic E-state index is 12.9. The molecule has 11 nitrogen and oxygen atoms in total.